The van der Waals surface area contributed by atoms with Crippen LogP contribution in [0.1, 0.15) is 10.4 Å². The zero-order valence-electron chi connectivity index (χ0n) is 6.03. The number of carboxylic acids is 1. The van der Waals surface area contributed by atoms with Crippen molar-refractivity contribution in [1.82, 2.24) is 0 Å². The standard InChI is InChI=1S/C7H6O3.K/c8-6-4-2-1-3-5(6)7(9)10;/h1-4,8H,(H,9,10);/q;+1/p-2. The number of rotatable bonds is 1. The predicted octanol–water partition coefficient (Wildman–Crippen LogP) is -3.87. The van der Waals surface area contributed by atoms with Gasteiger partial charge in [-0.15, -0.1) is 0 Å². The first kappa shape index (κ1) is 11.1. The maximum Gasteiger partial charge on any atom is 1.00 e. The van der Waals surface area contributed by atoms with Gasteiger partial charge in [-0.25, -0.2) is 0 Å². The van der Waals surface area contributed by atoms with Gasteiger partial charge in [-0.1, -0.05) is 30.0 Å². The quantitative estimate of drug-likeness (QED) is 0.410. The molecule has 0 aliphatic carbocycles. The molecule has 0 spiro atoms. The fraction of sp³-hybridized carbons (Fsp3) is 0. The van der Waals surface area contributed by atoms with E-state index < -0.39 is 11.7 Å². The Morgan fingerprint density at radius 1 is 1.27 bits per heavy atom. The first-order valence-corrected chi connectivity index (χ1v) is 2.69. The number of hydrogen-bond acceptors (Lipinski definition) is 3. The average molecular weight is 175 g/mol. The van der Waals surface area contributed by atoms with Crippen molar-refractivity contribution in [2.45, 2.75) is 0 Å². The van der Waals surface area contributed by atoms with Crippen LogP contribution in [0.3, 0.4) is 0 Å². The van der Waals surface area contributed by atoms with Gasteiger partial charge in [0.1, 0.15) is 0 Å². The number of aromatic carboxylic acids is 1. The Kier molecular flexibility index (Phi) is 4.95. The molecule has 0 fully saturated rings. The number of carbonyl (C=O) groups is 1. The van der Waals surface area contributed by atoms with Crippen molar-refractivity contribution in [3.05, 3.63) is 29.8 Å². The molecule has 1 aromatic carbocycles. The maximum absolute atomic E-state index is 10.6. The summed E-state index contributed by atoms with van der Waals surface area (Å²) < 4.78 is 0. The Labute approximate surface area is 106 Å². The van der Waals surface area contributed by atoms with Crippen LogP contribution in [0.5, 0.6) is 5.75 Å². The van der Waals surface area contributed by atoms with E-state index in [4.69, 9.17) is 0 Å². The number of benzene rings is 1. The summed E-state index contributed by atoms with van der Waals surface area (Å²) in [5.41, 5.74) is -0.289. The van der Waals surface area contributed by atoms with Gasteiger partial charge >= 0.3 is 51.4 Å². The zero-order valence-corrected chi connectivity index (χ0v) is 9.16. The van der Waals surface area contributed by atoms with E-state index in [1.54, 1.807) is 0 Å². The van der Waals surface area contributed by atoms with Crippen LogP contribution in [0.15, 0.2) is 24.3 Å². The van der Waals surface area contributed by atoms with Gasteiger partial charge in [0.05, 0.1) is 5.97 Å². The molecule has 0 saturated heterocycles. The van der Waals surface area contributed by atoms with Crippen LogP contribution in [-0.2, 0) is 0 Å². The topological polar surface area (TPSA) is 63.2 Å². The molecular formula is C7H4KO3-. The van der Waals surface area contributed by atoms with Gasteiger partial charge in [-0.3, -0.25) is 0 Å². The smallest absolute Gasteiger partial charge is 0.872 e. The minimum atomic E-state index is -1.43. The third-order valence-corrected chi connectivity index (χ3v) is 1.11. The molecule has 0 aromatic heterocycles. The molecule has 52 valence electrons. The normalized spacial score (nSPS) is 8.36. The van der Waals surface area contributed by atoms with Crippen molar-refractivity contribution < 1.29 is 66.4 Å². The van der Waals surface area contributed by atoms with E-state index in [9.17, 15) is 15.0 Å². The van der Waals surface area contributed by atoms with E-state index >= 15 is 0 Å². The molecule has 1 aromatic rings. The van der Waals surface area contributed by atoms with Gasteiger partial charge in [-0.05, 0) is 5.56 Å². The van der Waals surface area contributed by atoms with Crippen molar-refractivity contribution in [2.75, 3.05) is 0 Å². The summed E-state index contributed by atoms with van der Waals surface area (Å²) in [5, 5.41) is 20.8. The van der Waals surface area contributed by atoms with Gasteiger partial charge in [0.15, 0.2) is 0 Å². The van der Waals surface area contributed by atoms with Gasteiger partial charge < -0.3 is 15.0 Å². The van der Waals surface area contributed by atoms with Crippen molar-refractivity contribution >= 4 is 5.97 Å². The second-order valence-corrected chi connectivity index (χ2v) is 1.78. The van der Waals surface area contributed by atoms with Gasteiger partial charge in [0, 0.05) is 0 Å². The summed E-state index contributed by atoms with van der Waals surface area (Å²) in [7, 11) is 0. The summed E-state index contributed by atoms with van der Waals surface area (Å²) >= 11 is 0. The molecule has 1 rings (SSSR count). The molecule has 0 aliphatic heterocycles. The molecule has 4 heteroatoms. The van der Waals surface area contributed by atoms with Crippen LogP contribution >= 0.6 is 0 Å². The van der Waals surface area contributed by atoms with Gasteiger partial charge in [0.25, 0.3) is 0 Å². The average Bonchev–Trinajstić information content (AvgIpc) is 1.88. The van der Waals surface area contributed by atoms with Crippen LogP contribution in [0.2, 0.25) is 0 Å². The zero-order chi connectivity index (χ0) is 7.56. The summed E-state index contributed by atoms with van der Waals surface area (Å²) in [5.74, 6) is -1.94. The van der Waals surface area contributed by atoms with Crippen molar-refractivity contribution in [2.24, 2.45) is 0 Å². The van der Waals surface area contributed by atoms with E-state index in [1.165, 1.54) is 24.3 Å². The molecule has 0 radical (unpaired) electrons. The van der Waals surface area contributed by atoms with Crippen molar-refractivity contribution in [1.29, 1.82) is 0 Å². The Morgan fingerprint density at radius 2 is 1.82 bits per heavy atom. The molecule has 0 atom stereocenters. The van der Waals surface area contributed by atoms with Crippen LogP contribution in [0.4, 0.5) is 0 Å². The Bertz CT molecular complexity index is 260. The minimum absolute atomic E-state index is 0. The predicted molar refractivity (Wildman–Crippen MR) is 30.2 cm³/mol. The molecule has 3 nitrogen and oxygen atoms in total. The Balaban J connectivity index is 0.000001000. The maximum atomic E-state index is 10.6. The molecule has 0 aliphatic rings. The number of para-hydroxylation sites is 1. The Hall–Kier alpha value is 0.126. The van der Waals surface area contributed by atoms with Crippen LogP contribution in [0, 0.1) is 0 Å². The molecule has 0 heterocycles. The van der Waals surface area contributed by atoms with Crippen molar-refractivity contribution in [3.8, 4) is 5.75 Å². The molecule has 11 heavy (non-hydrogen) atoms. The second kappa shape index (κ2) is 4.90. The van der Waals surface area contributed by atoms with E-state index in [2.05, 4.69) is 0 Å². The monoisotopic (exact) mass is 175 g/mol. The molecule has 0 saturated carbocycles. The largest absolute Gasteiger partial charge is 1.00 e. The van der Waals surface area contributed by atoms with Crippen molar-refractivity contribution in [3.63, 3.8) is 0 Å². The van der Waals surface area contributed by atoms with E-state index in [1.807, 2.05) is 0 Å². The fourth-order valence-corrected chi connectivity index (χ4v) is 0.635. The number of carboxylic acid groups (broad SMARTS) is 1. The summed E-state index contributed by atoms with van der Waals surface area (Å²) in [6, 6.07) is 5.37. The van der Waals surface area contributed by atoms with E-state index in [0.29, 0.717) is 0 Å². The van der Waals surface area contributed by atoms with Crippen LogP contribution in [0.25, 0.3) is 0 Å². The summed E-state index contributed by atoms with van der Waals surface area (Å²) in [4.78, 5) is 10.1. The van der Waals surface area contributed by atoms with Crippen LogP contribution in [-0.4, -0.2) is 5.97 Å². The first-order chi connectivity index (χ1) is 4.72. The number of hydrogen-bond donors (Lipinski definition) is 0. The first-order valence-electron chi connectivity index (χ1n) is 2.69. The van der Waals surface area contributed by atoms with E-state index in [-0.39, 0.29) is 56.9 Å². The van der Waals surface area contributed by atoms with Gasteiger partial charge in [0.2, 0.25) is 0 Å². The second-order valence-electron chi connectivity index (χ2n) is 1.78. The SMILES string of the molecule is O=C([O-])c1ccccc1[O-].[K+]. The van der Waals surface area contributed by atoms with E-state index in [0.717, 1.165) is 0 Å². The van der Waals surface area contributed by atoms with Gasteiger partial charge in [-0.2, -0.15) is 0 Å². The summed E-state index contributed by atoms with van der Waals surface area (Å²) in [6.07, 6.45) is 0. The molecule has 0 N–H and O–H groups in total. The van der Waals surface area contributed by atoms with Crippen LogP contribution < -0.4 is 61.6 Å². The number of carbonyl (C=O) groups excluding carboxylic acids is 1. The molecular weight excluding hydrogens is 171 g/mol. The molecule has 0 unspecified atom stereocenters. The minimum Gasteiger partial charge on any atom is -0.872 e. The third kappa shape index (κ3) is 2.92. The summed E-state index contributed by atoms with van der Waals surface area (Å²) in [6.45, 7) is 0. The Morgan fingerprint density at radius 3 is 2.18 bits per heavy atom. The fourth-order valence-electron chi connectivity index (χ4n) is 0.635. The molecule has 0 amide bonds. The third-order valence-electron chi connectivity index (χ3n) is 1.11. The molecule has 0 bridgehead atoms.